The number of fused-ring (bicyclic) bond motifs is 1. The fourth-order valence-corrected chi connectivity index (χ4v) is 2.98. The maximum Gasteiger partial charge on any atom is 0.141 e. The molecule has 1 heterocycles. The second-order valence-electron chi connectivity index (χ2n) is 7.03. The van der Waals surface area contributed by atoms with Crippen LogP contribution in [0, 0.1) is 6.92 Å². The molecular formula is C25H30N2O. The van der Waals surface area contributed by atoms with Gasteiger partial charge in [0.05, 0.1) is 6.20 Å². The fourth-order valence-electron chi connectivity index (χ4n) is 2.98. The number of hydrogen-bond acceptors (Lipinski definition) is 3. The zero-order chi connectivity index (χ0) is 20.5. The van der Waals surface area contributed by atoms with Crippen molar-refractivity contribution < 1.29 is 5.11 Å². The third-order valence-electron chi connectivity index (χ3n) is 4.63. The van der Waals surface area contributed by atoms with Gasteiger partial charge >= 0.3 is 0 Å². The molecule has 1 N–H and O–H groups in total. The lowest BCUT2D eigenvalue weighted by molar-refractivity contribution is 0.355. The van der Waals surface area contributed by atoms with E-state index < -0.39 is 0 Å². The minimum Gasteiger partial charge on any atom is -0.506 e. The van der Waals surface area contributed by atoms with Crippen molar-refractivity contribution in [3.8, 4) is 5.75 Å². The number of allylic oxidation sites excluding steroid dienone is 1. The van der Waals surface area contributed by atoms with Crippen LogP contribution in [-0.4, -0.2) is 28.6 Å². The molecule has 3 nitrogen and oxygen atoms in total. The Morgan fingerprint density at radius 1 is 1.14 bits per heavy atom. The number of pyridine rings is 1. The average molecular weight is 375 g/mol. The van der Waals surface area contributed by atoms with Gasteiger partial charge in [-0.2, -0.15) is 0 Å². The molecule has 0 aliphatic carbocycles. The summed E-state index contributed by atoms with van der Waals surface area (Å²) in [6, 6.07) is 16.4. The van der Waals surface area contributed by atoms with Gasteiger partial charge in [0, 0.05) is 29.6 Å². The first kappa shape index (κ1) is 21.4. The van der Waals surface area contributed by atoms with Crippen LogP contribution in [-0.2, 0) is 6.54 Å². The number of aromatic nitrogens is 1. The van der Waals surface area contributed by atoms with Crippen molar-refractivity contribution in [2.75, 3.05) is 13.6 Å². The van der Waals surface area contributed by atoms with E-state index in [-0.39, 0.29) is 5.75 Å². The Morgan fingerprint density at radius 3 is 2.50 bits per heavy atom. The standard InChI is InChI=1S/C13H19N.C12H11NO/c1-4-12(2)10-14(3)11-13-8-6-5-7-9-13;1-3-9-4-5-10-11(6-9)8(2)13-7-12(10)14/h4-9H,10-11H2,1-3H3;3-7,14H,1H2,2H3/b12-4+;. The number of nitrogens with zero attached hydrogens (tertiary/aromatic N) is 2. The summed E-state index contributed by atoms with van der Waals surface area (Å²) in [7, 11) is 2.15. The lowest BCUT2D eigenvalue weighted by atomic mass is 10.1. The number of rotatable bonds is 5. The van der Waals surface area contributed by atoms with Crippen LogP contribution in [0.3, 0.4) is 0 Å². The van der Waals surface area contributed by atoms with E-state index >= 15 is 0 Å². The van der Waals surface area contributed by atoms with Crippen molar-refractivity contribution in [3.63, 3.8) is 0 Å². The molecule has 0 radical (unpaired) electrons. The fraction of sp³-hybridized carbons (Fsp3) is 0.240. The van der Waals surface area contributed by atoms with Crippen LogP contribution in [0.2, 0.25) is 0 Å². The van der Waals surface area contributed by atoms with Crippen LogP contribution >= 0.6 is 0 Å². The maximum atomic E-state index is 9.57. The molecule has 0 aliphatic heterocycles. The van der Waals surface area contributed by atoms with Crippen molar-refractivity contribution in [1.82, 2.24) is 9.88 Å². The highest BCUT2D eigenvalue weighted by Gasteiger charge is 2.03. The Labute approximate surface area is 168 Å². The van der Waals surface area contributed by atoms with Gasteiger partial charge < -0.3 is 5.11 Å². The minimum absolute atomic E-state index is 0.223. The van der Waals surface area contributed by atoms with Gasteiger partial charge in [-0.25, -0.2) is 0 Å². The molecule has 0 saturated heterocycles. The minimum atomic E-state index is 0.223. The molecule has 0 atom stereocenters. The van der Waals surface area contributed by atoms with Gasteiger partial charge in [-0.3, -0.25) is 9.88 Å². The van der Waals surface area contributed by atoms with E-state index in [1.807, 2.05) is 25.1 Å². The van der Waals surface area contributed by atoms with Crippen LogP contribution in [0.1, 0.15) is 30.7 Å². The van der Waals surface area contributed by atoms with E-state index in [0.29, 0.717) is 0 Å². The highest BCUT2D eigenvalue weighted by atomic mass is 16.3. The Balaban J connectivity index is 0.000000200. The molecular weight excluding hydrogens is 344 g/mol. The van der Waals surface area contributed by atoms with E-state index in [1.165, 1.54) is 17.3 Å². The summed E-state index contributed by atoms with van der Waals surface area (Å²) in [5.41, 5.74) is 4.75. The lowest BCUT2D eigenvalue weighted by Gasteiger charge is -2.16. The SMILES string of the molecule is C/C=C(\C)CN(C)Cc1ccccc1.C=Cc1ccc2c(O)cnc(C)c2c1. The van der Waals surface area contributed by atoms with Crippen LogP contribution in [0.15, 0.2) is 73.0 Å². The van der Waals surface area contributed by atoms with Crippen molar-refractivity contribution in [3.05, 3.63) is 89.8 Å². The molecule has 0 spiro atoms. The third kappa shape index (κ3) is 6.07. The van der Waals surface area contributed by atoms with E-state index in [2.05, 4.69) is 73.8 Å². The predicted molar refractivity (Wildman–Crippen MR) is 120 cm³/mol. The lowest BCUT2D eigenvalue weighted by Crippen LogP contribution is -2.19. The summed E-state index contributed by atoms with van der Waals surface area (Å²) < 4.78 is 0. The molecule has 2 aromatic carbocycles. The van der Waals surface area contributed by atoms with E-state index in [0.717, 1.165) is 35.1 Å². The van der Waals surface area contributed by atoms with Gasteiger partial charge in [0.15, 0.2) is 0 Å². The van der Waals surface area contributed by atoms with Crippen LogP contribution in [0.5, 0.6) is 5.75 Å². The molecule has 0 unspecified atom stereocenters. The summed E-state index contributed by atoms with van der Waals surface area (Å²) in [6.45, 7) is 12.0. The van der Waals surface area contributed by atoms with Crippen molar-refractivity contribution in [1.29, 1.82) is 0 Å². The molecule has 0 bridgehead atoms. The topological polar surface area (TPSA) is 36.4 Å². The van der Waals surface area contributed by atoms with Gasteiger partial charge in [0.25, 0.3) is 0 Å². The first-order valence-corrected chi connectivity index (χ1v) is 9.49. The van der Waals surface area contributed by atoms with Gasteiger partial charge in [0.2, 0.25) is 0 Å². The number of hydrogen-bond donors (Lipinski definition) is 1. The average Bonchev–Trinajstić information content (AvgIpc) is 2.71. The van der Waals surface area contributed by atoms with Crippen molar-refractivity contribution >= 4 is 16.8 Å². The highest BCUT2D eigenvalue weighted by Crippen LogP contribution is 2.26. The zero-order valence-electron chi connectivity index (χ0n) is 17.3. The normalized spacial score (nSPS) is 11.2. The van der Waals surface area contributed by atoms with E-state index in [4.69, 9.17) is 0 Å². The van der Waals surface area contributed by atoms with E-state index in [9.17, 15) is 5.11 Å². The second kappa shape index (κ2) is 10.4. The molecule has 3 heteroatoms. The number of benzene rings is 2. The quantitative estimate of drug-likeness (QED) is 0.558. The largest absolute Gasteiger partial charge is 0.506 e. The first-order chi connectivity index (χ1) is 13.4. The van der Waals surface area contributed by atoms with Crippen LogP contribution in [0.4, 0.5) is 0 Å². The van der Waals surface area contributed by atoms with Crippen LogP contribution in [0.25, 0.3) is 16.8 Å². The Morgan fingerprint density at radius 2 is 1.86 bits per heavy atom. The van der Waals surface area contributed by atoms with Gasteiger partial charge in [-0.1, -0.05) is 60.7 Å². The number of aryl methyl sites for hydroxylation is 1. The monoisotopic (exact) mass is 374 g/mol. The predicted octanol–water partition coefficient (Wildman–Crippen LogP) is 5.98. The number of likely N-dealkylation sites (N-methyl/N-ethyl adjacent to an activating group) is 1. The maximum absolute atomic E-state index is 9.57. The summed E-state index contributed by atoms with van der Waals surface area (Å²) in [5, 5.41) is 11.4. The summed E-state index contributed by atoms with van der Waals surface area (Å²) >= 11 is 0. The highest BCUT2D eigenvalue weighted by molar-refractivity contribution is 5.90. The summed E-state index contributed by atoms with van der Waals surface area (Å²) in [4.78, 5) is 6.42. The summed E-state index contributed by atoms with van der Waals surface area (Å²) in [6.07, 6.45) is 5.43. The molecule has 0 amide bonds. The molecule has 0 aliphatic rings. The Hall–Kier alpha value is -2.91. The molecule has 0 saturated carbocycles. The second-order valence-corrected chi connectivity index (χ2v) is 7.03. The molecule has 1 aromatic heterocycles. The zero-order valence-corrected chi connectivity index (χ0v) is 17.3. The van der Waals surface area contributed by atoms with Gasteiger partial charge in [0.1, 0.15) is 5.75 Å². The van der Waals surface area contributed by atoms with Crippen LogP contribution < -0.4 is 0 Å². The van der Waals surface area contributed by atoms with E-state index in [1.54, 1.807) is 6.08 Å². The van der Waals surface area contributed by atoms with Crippen molar-refractivity contribution in [2.45, 2.75) is 27.3 Å². The summed E-state index contributed by atoms with van der Waals surface area (Å²) in [5.74, 6) is 0.223. The number of aromatic hydroxyl groups is 1. The molecule has 0 fully saturated rings. The first-order valence-electron chi connectivity index (χ1n) is 9.49. The smallest absolute Gasteiger partial charge is 0.141 e. The molecule has 28 heavy (non-hydrogen) atoms. The van der Waals surface area contributed by atoms with Crippen molar-refractivity contribution in [2.24, 2.45) is 0 Å². The Bertz CT molecular complexity index is 945. The Kier molecular flexibility index (Phi) is 7.97. The molecule has 3 rings (SSSR count). The van der Waals surface area contributed by atoms with Gasteiger partial charge in [-0.05, 0) is 51.1 Å². The molecule has 3 aromatic rings. The molecule has 146 valence electrons. The van der Waals surface area contributed by atoms with Gasteiger partial charge in [-0.15, -0.1) is 0 Å². The third-order valence-corrected chi connectivity index (χ3v) is 4.63.